The zero-order chi connectivity index (χ0) is 24.8. The molecule has 2 nitrogen and oxygen atoms in total. The van der Waals surface area contributed by atoms with Crippen molar-refractivity contribution in [2.75, 3.05) is 0 Å². The van der Waals surface area contributed by atoms with E-state index in [-0.39, 0.29) is 10.8 Å². The zero-order valence-electron chi connectivity index (χ0n) is 21.6. The Hall–Kier alpha value is -3.65. The van der Waals surface area contributed by atoms with Crippen LogP contribution in [0, 0.1) is 10.8 Å². The van der Waals surface area contributed by atoms with Gasteiger partial charge in [-0.25, -0.2) is 0 Å². The van der Waals surface area contributed by atoms with Gasteiger partial charge in [0.1, 0.15) is 11.5 Å². The molecule has 0 bridgehead atoms. The number of ether oxygens (including phenoxy) is 1. The second kappa shape index (κ2) is 8.53. The van der Waals surface area contributed by atoms with Crippen molar-refractivity contribution in [3.63, 3.8) is 0 Å². The van der Waals surface area contributed by atoms with Crippen molar-refractivity contribution in [1.29, 1.82) is 0 Å². The van der Waals surface area contributed by atoms with Gasteiger partial charge in [0.25, 0.3) is 0 Å². The summed E-state index contributed by atoms with van der Waals surface area (Å²) in [6.45, 7) is 13.2. The Bertz CT molecular complexity index is 1470. The van der Waals surface area contributed by atoms with E-state index < -0.39 is 0 Å². The van der Waals surface area contributed by atoms with Crippen molar-refractivity contribution in [3.05, 3.63) is 119 Å². The number of nitrogens with zero attached hydrogens (tertiary/aromatic N) is 1. The van der Waals surface area contributed by atoms with E-state index in [0.717, 1.165) is 17.1 Å². The summed E-state index contributed by atoms with van der Waals surface area (Å²) in [5, 5.41) is 2.40. The minimum atomic E-state index is -0.0535. The molecule has 0 fully saturated rings. The number of benzene rings is 3. The van der Waals surface area contributed by atoms with Crippen molar-refractivity contribution in [3.8, 4) is 11.1 Å². The first-order chi connectivity index (χ1) is 16.6. The predicted molar refractivity (Wildman–Crippen MR) is 147 cm³/mol. The van der Waals surface area contributed by atoms with Crippen LogP contribution in [0.2, 0.25) is 0 Å². The summed E-state index contributed by atoms with van der Waals surface area (Å²) in [5.41, 5.74) is 6.00. The Morgan fingerprint density at radius 1 is 0.657 bits per heavy atom. The molecule has 2 aliphatic rings. The van der Waals surface area contributed by atoms with Gasteiger partial charge < -0.3 is 4.74 Å². The molecule has 0 N–H and O–H groups in total. The molecule has 35 heavy (non-hydrogen) atoms. The summed E-state index contributed by atoms with van der Waals surface area (Å²) in [6.07, 6.45) is 8.76. The summed E-state index contributed by atoms with van der Waals surface area (Å²) >= 11 is 0. The summed E-state index contributed by atoms with van der Waals surface area (Å²) in [4.78, 5) is 0. The van der Waals surface area contributed by atoms with Crippen LogP contribution < -0.4 is 15.2 Å². The Labute approximate surface area is 208 Å². The highest BCUT2D eigenvalue weighted by Gasteiger charge is 2.29. The standard InChI is InChI=1S/C33H34NO/c1-32(2,3)30-21-24(22-31(35-30)33(4,5)6)17-16-23-18-19-29-27(20-23)26-14-10-11-15-28(26)34(29)25-12-8-7-9-13-25/h7-22H,1-6H3/q+1/b23-16-. The molecule has 0 aliphatic carbocycles. The van der Waals surface area contributed by atoms with Gasteiger partial charge >= 0.3 is 0 Å². The molecule has 3 aromatic rings. The van der Waals surface area contributed by atoms with E-state index in [0.29, 0.717) is 0 Å². The van der Waals surface area contributed by atoms with E-state index in [9.17, 15) is 0 Å². The van der Waals surface area contributed by atoms with Crippen LogP contribution in [0.4, 0.5) is 11.4 Å². The number of hydrogen-bond acceptors (Lipinski definition) is 1. The van der Waals surface area contributed by atoms with Crippen molar-refractivity contribution in [2.45, 2.75) is 41.5 Å². The van der Waals surface area contributed by atoms with E-state index in [1.54, 1.807) is 0 Å². The van der Waals surface area contributed by atoms with Gasteiger partial charge in [-0.1, -0.05) is 84.0 Å². The highest BCUT2D eigenvalue weighted by molar-refractivity contribution is 5.82. The summed E-state index contributed by atoms with van der Waals surface area (Å²) in [6, 6.07) is 26.0. The molecule has 2 heterocycles. The van der Waals surface area contributed by atoms with Crippen LogP contribution in [0.1, 0.15) is 41.5 Å². The molecular formula is C33H34NO+. The van der Waals surface area contributed by atoms with E-state index in [1.165, 1.54) is 33.1 Å². The van der Waals surface area contributed by atoms with Gasteiger partial charge in [-0.2, -0.15) is 4.58 Å². The molecule has 0 radical (unpaired) electrons. The first-order valence-electron chi connectivity index (χ1n) is 12.4. The summed E-state index contributed by atoms with van der Waals surface area (Å²) < 4.78 is 8.66. The first-order valence-corrected chi connectivity index (χ1v) is 12.4. The third-order valence-corrected chi connectivity index (χ3v) is 6.47. The fourth-order valence-electron chi connectivity index (χ4n) is 4.50. The SMILES string of the molecule is CC(C)(C)C1=CC(=C/C=c2/ccc3c(c2)-c2ccccc2[N+]=3c2ccccc2)C=C(C(C)(C)C)O1. The van der Waals surface area contributed by atoms with Gasteiger partial charge in [-0.3, -0.25) is 0 Å². The van der Waals surface area contributed by atoms with Gasteiger partial charge in [-0.15, -0.1) is 0 Å². The van der Waals surface area contributed by atoms with E-state index in [1.807, 2.05) is 0 Å². The fourth-order valence-corrected chi connectivity index (χ4v) is 4.50. The van der Waals surface area contributed by atoms with Crippen LogP contribution >= 0.6 is 0 Å². The van der Waals surface area contributed by atoms with Gasteiger partial charge in [0.2, 0.25) is 16.7 Å². The molecule has 0 saturated heterocycles. The third kappa shape index (κ3) is 4.53. The van der Waals surface area contributed by atoms with Crippen molar-refractivity contribution >= 4 is 17.5 Å². The van der Waals surface area contributed by atoms with E-state index >= 15 is 0 Å². The molecule has 0 saturated carbocycles. The minimum Gasteiger partial charge on any atom is -0.465 e. The molecule has 3 aromatic carbocycles. The van der Waals surface area contributed by atoms with Gasteiger partial charge in [0.15, 0.2) is 0 Å². The fraction of sp³-hybridized carbons (Fsp3) is 0.242. The molecule has 2 aliphatic heterocycles. The number of para-hydroxylation sites is 2. The zero-order valence-corrected chi connectivity index (χ0v) is 21.6. The Morgan fingerprint density at radius 2 is 1.29 bits per heavy atom. The molecule has 2 heteroatoms. The quantitative estimate of drug-likeness (QED) is 0.284. The normalized spacial score (nSPS) is 15.8. The maximum absolute atomic E-state index is 6.31. The second-order valence-electron chi connectivity index (χ2n) is 11.4. The van der Waals surface area contributed by atoms with Crippen LogP contribution in [0.5, 0.6) is 0 Å². The van der Waals surface area contributed by atoms with Crippen molar-refractivity contribution < 1.29 is 4.74 Å². The molecule has 0 spiro atoms. The maximum atomic E-state index is 6.31. The maximum Gasteiger partial charge on any atom is 0.219 e. The Balaban J connectivity index is 1.63. The van der Waals surface area contributed by atoms with Crippen LogP contribution in [0.25, 0.3) is 17.2 Å². The molecule has 5 rings (SSSR count). The predicted octanol–water partition coefficient (Wildman–Crippen LogP) is 7.42. The van der Waals surface area contributed by atoms with Crippen molar-refractivity contribution in [2.24, 2.45) is 10.8 Å². The van der Waals surface area contributed by atoms with Crippen LogP contribution in [0.15, 0.2) is 108 Å². The largest absolute Gasteiger partial charge is 0.465 e. The number of allylic oxidation sites excluding steroid dienone is 6. The first kappa shape index (κ1) is 23.1. The highest BCUT2D eigenvalue weighted by Crippen LogP contribution is 2.39. The third-order valence-electron chi connectivity index (χ3n) is 6.47. The Morgan fingerprint density at radius 3 is 1.94 bits per heavy atom. The minimum absolute atomic E-state index is 0.0535. The average Bonchev–Trinajstić information content (AvgIpc) is 3.16. The van der Waals surface area contributed by atoms with Crippen LogP contribution in [-0.4, -0.2) is 0 Å². The van der Waals surface area contributed by atoms with E-state index in [2.05, 4.69) is 143 Å². The van der Waals surface area contributed by atoms with Crippen LogP contribution in [-0.2, 0) is 4.74 Å². The smallest absolute Gasteiger partial charge is 0.219 e. The van der Waals surface area contributed by atoms with Gasteiger partial charge in [0, 0.05) is 35.1 Å². The summed E-state index contributed by atoms with van der Waals surface area (Å²) in [5.74, 6) is 2.01. The lowest BCUT2D eigenvalue weighted by Crippen LogP contribution is -2.21. The molecule has 0 amide bonds. The number of fused-ring (bicyclic) bond motifs is 3. The molecule has 0 atom stereocenters. The number of rotatable bonds is 2. The summed E-state index contributed by atoms with van der Waals surface area (Å²) in [7, 11) is 0. The van der Waals surface area contributed by atoms with Gasteiger partial charge in [0.05, 0.1) is 11.1 Å². The second-order valence-corrected chi connectivity index (χ2v) is 11.4. The molecule has 0 unspecified atom stereocenters. The average molecular weight is 461 g/mol. The topological polar surface area (TPSA) is 12.2 Å². The van der Waals surface area contributed by atoms with Crippen molar-refractivity contribution in [1.82, 2.24) is 4.58 Å². The lowest BCUT2D eigenvalue weighted by molar-refractivity contribution is 0.161. The number of hydrogen-bond donors (Lipinski definition) is 0. The molecular weight excluding hydrogens is 426 g/mol. The highest BCUT2D eigenvalue weighted by atomic mass is 16.5. The Kier molecular flexibility index (Phi) is 5.63. The monoisotopic (exact) mass is 460 g/mol. The van der Waals surface area contributed by atoms with Crippen LogP contribution in [0.3, 0.4) is 0 Å². The molecule has 176 valence electrons. The molecule has 0 aromatic heterocycles. The van der Waals surface area contributed by atoms with Gasteiger partial charge in [-0.05, 0) is 41.1 Å². The lowest BCUT2D eigenvalue weighted by atomic mass is 9.87. The lowest BCUT2D eigenvalue weighted by Gasteiger charge is -2.32. The van der Waals surface area contributed by atoms with E-state index in [4.69, 9.17) is 4.74 Å².